The van der Waals surface area contributed by atoms with Gasteiger partial charge < -0.3 is 9.64 Å². The van der Waals surface area contributed by atoms with Crippen molar-refractivity contribution >= 4 is 5.91 Å². The zero-order chi connectivity index (χ0) is 14.6. The molecule has 1 amide bonds. The van der Waals surface area contributed by atoms with Crippen LogP contribution in [0.4, 0.5) is 0 Å². The van der Waals surface area contributed by atoms with E-state index in [0.717, 1.165) is 43.6 Å². The summed E-state index contributed by atoms with van der Waals surface area (Å²) in [6, 6.07) is 0. The number of ether oxygens (including phenoxy) is 1. The first-order valence-corrected chi connectivity index (χ1v) is 7.75. The van der Waals surface area contributed by atoms with Gasteiger partial charge >= 0.3 is 0 Å². The highest BCUT2D eigenvalue weighted by Gasteiger charge is 2.46. The van der Waals surface area contributed by atoms with Crippen LogP contribution in [0.5, 0.6) is 0 Å². The Morgan fingerprint density at radius 1 is 1.38 bits per heavy atom. The molecule has 3 aliphatic rings. The average Bonchev–Trinajstić information content (AvgIpc) is 3.02. The molecule has 0 unspecified atom stereocenters. The number of allylic oxidation sites excluding steroid dienone is 2. The van der Waals surface area contributed by atoms with Crippen molar-refractivity contribution in [3.63, 3.8) is 0 Å². The number of rotatable bonds is 1. The van der Waals surface area contributed by atoms with Gasteiger partial charge in [-0.15, -0.1) is 0 Å². The average molecular weight is 287 g/mol. The first-order valence-electron chi connectivity index (χ1n) is 7.75. The largest absolute Gasteiger partial charge is 0.369 e. The molecular formula is C16H21N3O2. The van der Waals surface area contributed by atoms with E-state index in [0.29, 0.717) is 11.1 Å². The van der Waals surface area contributed by atoms with Crippen molar-refractivity contribution in [2.45, 2.75) is 45.3 Å². The van der Waals surface area contributed by atoms with Gasteiger partial charge in [0.05, 0.1) is 17.9 Å². The molecule has 1 aliphatic carbocycles. The van der Waals surface area contributed by atoms with Gasteiger partial charge in [-0.25, -0.2) is 0 Å². The van der Waals surface area contributed by atoms with E-state index in [1.165, 1.54) is 0 Å². The SMILES string of the molecule is C[C@@H]1Cc2c(C(=O)N3CC4(CC=CC4)C3)n[nH]c2[C@H](C)O1. The summed E-state index contributed by atoms with van der Waals surface area (Å²) in [5.74, 6) is 0.0753. The predicted octanol–water partition coefficient (Wildman–Crippen LogP) is 2.22. The summed E-state index contributed by atoms with van der Waals surface area (Å²) >= 11 is 0. The van der Waals surface area contributed by atoms with Gasteiger partial charge in [0.25, 0.3) is 5.91 Å². The van der Waals surface area contributed by atoms with Crippen LogP contribution in [0.15, 0.2) is 12.2 Å². The number of likely N-dealkylation sites (tertiary alicyclic amines) is 1. The van der Waals surface area contributed by atoms with Gasteiger partial charge in [-0.1, -0.05) is 12.2 Å². The number of nitrogens with zero attached hydrogens (tertiary/aromatic N) is 2. The quantitative estimate of drug-likeness (QED) is 0.806. The van der Waals surface area contributed by atoms with Gasteiger partial charge in [0.2, 0.25) is 0 Å². The fraction of sp³-hybridized carbons (Fsp3) is 0.625. The minimum Gasteiger partial charge on any atom is -0.369 e. The smallest absolute Gasteiger partial charge is 0.274 e. The van der Waals surface area contributed by atoms with Gasteiger partial charge in [-0.3, -0.25) is 9.89 Å². The molecule has 1 saturated heterocycles. The number of aromatic nitrogens is 2. The summed E-state index contributed by atoms with van der Waals surface area (Å²) in [5, 5.41) is 7.30. The Labute approximate surface area is 124 Å². The lowest BCUT2D eigenvalue weighted by Gasteiger charge is -2.48. The molecule has 1 aromatic rings. The molecule has 4 rings (SSSR count). The van der Waals surface area contributed by atoms with E-state index in [-0.39, 0.29) is 18.1 Å². The maximum absolute atomic E-state index is 12.7. The molecular weight excluding hydrogens is 266 g/mol. The Balaban J connectivity index is 1.54. The first-order chi connectivity index (χ1) is 10.1. The Bertz CT molecular complexity index is 603. The second kappa shape index (κ2) is 4.44. The van der Waals surface area contributed by atoms with Gasteiger partial charge in [0.15, 0.2) is 5.69 Å². The van der Waals surface area contributed by atoms with Crippen molar-refractivity contribution < 1.29 is 9.53 Å². The summed E-state index contributed by atoms with van der Waals surface area (Å²) in [6.07, 6.45) is 7.57. The van der Waals surface area contributed by atoms with E-state index in [4.69, 9.17) is 4.74 Å². The van der Waals surface area contributed by atoms with E-state index < -0.39 is 0 Å². The van der Waals surface area contributed by atoms with Gasteiger partial charge in [-0.05, 0) is 26.7 Å². The highest BCUT2D eigenvalue weighted by atomic mass is 16.5. The summed E-state index contributed by atoms with van der Waals surface area (Å²) in [5.41, 5.74) is 2.95. The van der Waals surface area contributed by atoms with Crippen LogP contribution in [-0.4, -0.2) is 40.2 Å². The van der Waals surface area contributed by atoms with E-state index in [9.17, 15) is 4.79 Å². The molecule has 1 spiro atoms. The van der Waals surface area contributed by atoms with Crippen LogP contribution in [-0.2, 0) is 11.2 Å². The van der Waals surface area contributed by atoms with E-state index in [1.54, 1.807) is 0 Å². The van der Waals surface area contributed by atoms with Crippen molar-refractivity contribution in [3.8, 4) is 0 Å². The number of hydrogen-bond donors (Lipinski definition) is 1. The second-order valence-electron chi connectivity index (χ2n) is 6.80. The van der Waals surface area contributed by atoms with Crippen molar-refractivity contribution in [2.24, 2.45) is 5.41 Å². The fourth-order valence-electron chi connectivity index (χ4n) is 3.92. The van der Waals surface area contributed by atoms with Crippen molar-refractivity contribution in [1.29, 1.82) is 0 Å². The molecule has 0 aromatic carbocycles. The molecule has 1 fully saturated rings. The molecule has 1 N–H and O–H groups in total. The van der Waals surface area contributed by atoms with E-state index >= 15 is 0 Å². The van der Waals surface area contributed by atoms with Crippen LogP contribution < -0.4 is 0 Å². The maximum Gasteiger partial charge on any atom is 0.274 e. The highest BCUT2D eigenvalue weighted by Crippen LogP contribution is 2.42. The number of amides is 1. The third-order valence-electron chi connectivity index (χ3n) is 5.04. The molecule has 3 heterocycles. The Hall–Kier alpha value is -1.62. The lowest BCUT2D eigenvalue weighted by atomic mass is 9.77. The second-order valence-corrected chi connectivity index (χ2v) is 6.80. The molecule has 112 valence electrons. The predicted molar refractivity (Wildman–Crippen MR) is 78.0 cm³/mol. The molecule has 5 nitrogen and oxygen atoms in total. The topological polar surface area (TPSA) is 58.2 Å². The zero-order valence-corrected chi connectivity index (χ0v) is 12.6. The number of fused-ring (bicyclic) bond motifs is 1. The summed E-state index contributed by atoms with van der Waals surface area (Å²) in [7, 11) is 0. The molecule has 5 heteroatoms. The van der Waals surface area contributed by atoms with Crippen LogP contribution in [0.1, 0.15) is 54.5 Å². The monoisotopic (exact) mass is 287 g/mol. The minimum absolute atomic E-state index is 0.0143. The Kier molecular flexibility index (Phi) is 2.76. The third kappa shape index (κ3) is 1.94. The zero-order valence-electron chi connectivity index (χ0n) is 12.6. The Morgan fingerprint density at radius 3 is 2.81 bits per heavy atom. The molecule has 0 bridgehead atoms. The molecule has 1 aromatic heterocycles. The third-order valence-corrected chi connectivity index (χ3v) is 5.04. The van der Waals surface area contributed by atoms with E-state index in [1.807, 2.05) is 18.7 Å². The molecule has 0 saturated carbocycles. The lowest BCUT2D eigenvalue weighted by Crippen LogP contribution is -2.57. The fourth-order valence-corrected chi connectivity index (χ4v) is 3.92. The van der Waals surface area contributed by atoms with Gasteiger partial charge in [0.1, 0.15) is 0 Å². The summed E-state index contributed by atoms with van der Waals surface area (Å²) in [6.45, 7) is 5.78. The van der Waals surface area contributed by atoms with Gasteiger partial charge in [-0.2, -0.15) is 5.10 Å². The van der Waals surface area contributed by atoms with Crippen molar-refractivity contribution in [3.05, 3.63) is 29.1 Å². The molecule has 0 radical (unpaired) electrons. The number of hydrogen-bond acceptors (Lipinski definition) is 3. The van der Waals surface area contributed by atoms with Crippen LogP contribution in [0, 0.1) is 5.41 Å². The minimum atomic E-state index is -0.0143. The normalized spacial score (nSPS) is 29.5. The number of nitrogens with one attached hydrogen (secondary N) is 1. The van der Waals surface area contributed by atoms with Gasteiger partial charge in [0, 0.05) is 30.5 Å². The number of carbonyl (C=O) groups excluding carboxylic acids is 1. The van der Waals surface area contributed by atoms with Crippen LogP contribution in [0.3, 0.4) is 0 Å². The summed E-state index contributed by atoms with van der Waals surface area (Å²) < 4.78 is 5.78. The van der Waals surface area contributed by atoms with E-state index in [2.05, 4.69) is 22.3 Å². The molecule has 2 atom stereocenters. The van der Waals surface area contributed by atoms with Crippen LogP contribution in [0.2, 0.25) is 0 Å². The maximum atomic E-state index is 12.7. The van der Waals surface area contributed by atoms with Crippen LogP contribution >= 0.6 is 0 Å². The summed E-state index contributed by atoms with van der Waals surface area (Å²) in [4.78, 5) is 14.6. The van der Waals surface area contributed by atoms with Crippen molar-refractivity contribution in [2.75, 3.05) is 13.1 Å². The number of aromatic amines is 1. The molecule has 21 heavy (non-hydrogen) atoms. The highest BCUT2D eigenvalue weighted by molar-refractivity contribution is 5.94. The molecule has 2 aliphatic heterocycles. The van der Waals surface area contributed by atoms with Crippen LogP contribution in [0.25, 0.3) is 0 Å². The lowest BCUT2D eigenvalue weighted by molar-refractivity contribution is -0.00744. The van der Waals surface area contributed by atoms with Crippen molar-refractivity contribution in [1.82, 2.24) is 15.1 Å². The number of carbonyl (C=O) groups is 1. The standard InChI is InChI=1S/C16H21N3O2/c1-10-7-12-13(11(2)21-10)17-18-14(12)15(20)19-8-16(9-19)5-3-4-6-16/h3-4,10-11H,5-9H2,1-2H3,(H,17,18)/t10-,11+/m1/s1. The first kappa shape index (κ1) is 13.1. The number of H-pyrrole nitrogens is 1. The Morgan fingerprint density at radius 2 is 2.10 bits per heavy atom.